The van der Waals surface area contributed by atoms with E-state index in [1.165, 1.54) is 6.92 Å². The molecule has 1 aromatic heterocycles. The molecule has 2 aromatic rings. The maximum atomic E-state index is 12.8. The summed E-state index contributed by atoms with van der Waals surface area (Å²) >= 11 is 0. The fraction of sp³-hybridized carbons (Fsp3) is 0.400. The number of Topliss-reactive ketones (excluding diaryl/α,β-unsaturated/α-hetero) is 1. The van der Waals surface area contributed by atoms with Gasteiger partial charge in [0.2, 0.25) is 5.95 Å². The number of ketones is 1. The second kappa shape index (κ2) is 8.26. The third kappa shape index (κ3) is 4.68. The van der Waals surface area contributed by atoms with Crippen LogP contribution in [0.4, 0.5) is 11.6 Å². The van der Waals surface area contributed by atoms with Gasteiger partial charge in [-0.3, -0.25) is 9.59 Å². The lowest BCUT2D eigenvalue weighted by Gasteiger charge is -2.33. The van der Waals surface area contributed by atoms with Crippen molar-refractivity contribution in [3.8, 4) is 0 Å². The number of rotatable bonds is 5. The number of aryl methyl sites for hydroxylation is 1. The molecule has 0 saturated carbocycles. The van der Waals surface area contributed by atoms with Crippen LogP contribution < -0.4 is 5.32 Å². The Morgan fingerprint density at radius 1 is 1.11 bits per heavy atom. The molecule has 1 aliphatic heterocycles. The molecule has 0 aliphatic carbocycles. The van der Waals surface area contributed by atoms with Crippen LogP contribution in [0.5, 0.6) is 0 Å². The lowest BCUT2D eigenvalue weighted by atomic mass is 10.1. The first-order chi connectivity index (χ1) is 13.0. The van der Waals surface area contributed by atoms with Gasteiger partial charge in [-0.15, -0.1) is 0 Å². The molecular formula is C20H25N5O2. The second-order valence-electron chi connectivity index (χ2n) is 6.71. The minimum atomic E-state index is -0.0724. The number of hydrogen-bond donors (Lipinski definition) is 1. The topological polar surface area (TPSA) is 78.4 Å². The number of anilines is 2. The van der Waals surface area contributed by atoms with Crippen LogP contribution in [-0.4, -0.2) is 64.2 Å². The van der Waals surface area contributed by atoms with Crippen molar-refractivity contribution in [1.82, 2.24) is 19.8 Å². The molecule has 142 valence electrons. The largest absolute Gasteiger partial charge is 0.335 e. The van der Waals surface area contributed by atoms with Gasteiger partial charge in [0, 0.05) is 43.1 Å². The lowest BCUT2D eigenvalue weighted by molar-refractivity contribution is 0.0637. The van der Waals surface area contributed by atoms with E-state index in [1.807, 2.05) is 17.9 Å². The van der Waals surface area contributed by atoms with Crippen LogP contribution in [0.25, 0.3) is 0 Å². The number of nitrogens with zero attached hydrogens (tertiary/aromatic N) is 4. The molecule has 1 aromatic carbocycles. The average Bonchev–Trinajstić information content (AvgIpc) is 2.67. The Morgan fingerprint density at radius 3 is 2.52 bits per heavy atom. The van der Waals surface area contributed by atoms with Crippen molar-refractivity contribution < 1.29 is 9.59 Å². The highest BCUT2D eigenvalue weighted by Crippen LogP contribution is 2.17. The van der Waals surface area contributed by atoms with Crippen molar-refractivity contribution in [2.75, 3.05) is 38.0 Å². The zero-order valence-corrected chi connectivity index (χ0v) is 16.0. The zero-order valence-electron chi connectivity index (χ0n) is 16.0. The Labute approximate surface area is 159 Å². The van der Waals surface area contributed by atoms with E-state index in [0.717, 1.165) is 19.6 Å². The van der Waals surface area contributed by atoms with Gasteiger partial charge in [0.05, 0.1) is 0 Å². The van der Waals surface area contributed by atoms with Gasteiger partial charge >= 0.3 is 0 Å². The summed E-state index contributed by atoms with van der Waals surface area (Å²) in [6, 6.07) is 8.86. The van der Waals surface area contributed by atoms with Gasteiger partial charge < -0.3 is 15.1 Å². The monoisotopic (exact) mass is 367 g/mol. The summed E-state index contributed by atoms with van der Waals surface area (Å²) in [5.74, 6) is 0.272. The highest BCUT2D eigenvalue weighted by Gasteiger charge is 2.23. The number of aromatic nitrogens is 2. The quantitative estimate of drug-likeness (QED) is 0.818. The molecule has 1 aliphatic rings. The lowest BCUT2D eigenvalue weighted by Crippen LogP contribution is -2.48. The maximum Gasteiger partial charge on any atom is 0.272 e. The van der Waals surface area contributed by atoms with Gasteiger partial charge in [-0.05, 0) is 38.6 Å². The van der Waals surface area contributed by atoms with Crippen molar-refractivity contribution in [2.45, 2.75) is 20.8 Å². The summed E-state index contributed by atoms with van der Waals surface area (Å²) in [5, 5.41) is 3.10. The van der Waals surface area contributed by atoms with Gasteiger partial charge in [-0.25, -0.2) is 9.97 Å². The van der Waals surface area contributed by atoms with Crippen molar-refractivity contribution in [3.05, 3.63) is 47.3 Å². The van der Waals surface area contributed by atoms with Crippen molar-refractivity contribution in [2.24, 2.45) is 0 Å². The third-order valence-electron chi connectivity index (χ3n) is 4.71. The minimum absolute atomic E-state index is 0.00843. The molecule has 7 nitrogen and oxygen atoms in total. The standard InChI is InChI=1S/C20H25N5O2/c1-4-24-8-10-25(11-9-24)19(27)18-12-14(2)21-20(23-18)22-17-7-5-6-16(13-17)15(3)26/h5-7,12-13H,4,8-11H2,1-3H3,(H,21,22,23). The van der Waals surface area contributed by atoms with Gasteiger partial charge in [-0.1, -0.05) is 19.1 Å². The van der Waals surface area contributed by atoms with Crippen molar-refractivity contribution in [1.29, 1.82) is 0 Å². The molecule has 1 fully saturated rings. The third-order valence-corrected chi connectivity index (χ3v) is 4.71. The van der Waals surface area contributed by atoms with E-state index in [4.69, 9.17) is 0 Å². The first-order valence-corrected chi connectivity index (χ1v) is 9.21. The molecule has 0 atom stereocenters. The molecule has 0 bridgehead atoms. The number of hydrogen-bond acceptors (Lipinski definition) is 6. The van der Waals surface area contributed by atoms with Crippen LogP contribution >= 0.6 is 0 Å². The normalized spacial score (nSPS) is 14.9. The Bertz CT molecular complexity index is 844. The summed E-state index contributed by atoms with van der Waals surface area (Å²) in [7, 11) is 0. The number of amides is 1. The number of likely N-dealkylation sites (N-methyl/N-ethyl adjacent to an activating group) is 1. The van der Waals surface area contributed by atoms with E-state index < -0.39 is 0 Å². The Morgan fingerprint density at radius 2 is 1.85 bits per heavy atom. The molecule has 2 heterocycles. The van der Waals surface area contributed by atoms with Gasteiger partial charge in [-0.2, -0.15) is 0 Å². The first-order valence-electron chi connectivity index (χ1n) is 9.21. The fourth-order valence-corrected chi connectivity index (χ4v) is 3.11. The van der Waals surface area contributed by atoms with Gasteiger partial charge in [0.25, 0.3) is 5.91 Å². The fourth-order valence-electron chi connectivity index (χ4n) is 3.11. The van der Waals surface area contributed by atoms with Gasteiger partial charge in [0.15, 0.2) is 5.78 Å². The zero-order chi connectivity index (χ0) is 19.4. The molecule has 27 heavy (non-hydrogen) atoms. The van der Waals surface area contributed by atoms with E-state index in [0.29, 0.717) is 41.7 Å². The Kier molecular flexibility index (Phi) is 5.81. The van der Waals surface area contributed by atoms with Crippen LogP contribution in [0.2, 0.25) is 0 Å². The highest BCUT2D eigenvalue weighted by molar-refractivity contribution is 5.95. The molecule has 1 saturated heterocycles. The first kappa shape index (κ1) is 19.0. The summed E-state index contributed by atoms with van der Waals surface area (Å²) in [5.41, 5.74) is 2.42. The van der Waals surface area contributed by atoms with Crippen LogP contribution in [-0.2, 0) is 0 Å². The number of benzene rings is 1. The number of piperazine rings is 1. The summed E-state index contributed by atoms with van der Waals surface area (Å²) in [6.07, 6.45) is 0. The van der Waals surface area contributed by atoms with Crippen LogP contribution in [0.3, 0.4) is 0 Å². The Balaban J connectivity index is 1.77. The Hall–Kier alpha value is -2.80. The molecule has 0 spiro atoms. The predicted octanol–water partition coefficient (Wildman–Crippen LogP) is 2.51. The molecule has 0 unspecified atom stereocenters. The maximum absolute atomic E-state index is 12.8. The molecule has 7 heteroatoms. The number of carbonyl (C=O) groups is 2. The van der Waals surface area contributed by atoms with E-state index in [2.05, 4.69) is 27.1 Å². The molecule has 3 rings (SSSR count). The van der Waals surface area contributed by atoms with E-state index in [-0.39, 0.29) is 11.7 Å². The van der Waals surface area contributed by atoms with Crippen LogP contribution in [0.1, 0.15) is 40.4 Å². The molecule has 1 amide bonds. The summed E-state index contributed by atoms with van der Waals surface area (Å²) in [4.78, 5) is 37.3. The summed E-state index contributed by atoms with van der Waals surface area (Å²) < 4.78 is 0. The SMILES string of the molecule is CCN1CCN(C(=O)c2cc(C)nc(Nc3cccc(C(C)=O)c3)n2)CC1. The molecule has 0 radical (unpaired) electrons. The van der Waals surface area contributed by atoms with Crippen LogP contribution in [0, 0.1) is 6.92 Å². The summed E-state index contributed by atoms with van der Waals surface area (Å²) in [6.45, 7) is 9.68. The van der Waals surface area contributed by atoms with Crippen molar-refractivity contribution in [3.63, 3.8) is 0 Å². The minimum Gasteiger partial charge on any atom is -0.335 e. The second-order valence-corrected chi connectivity index (χ2v) is 6.71. The van der Waals surface area contributed by atoms with Gasteiger partial charge in [0.1, 0.15) is 5.69 Å². The number of nitrogens with one attached hydrogen (secondary N) is 1. The van der Waals surface area contributed by atoms with E-state index in [1.54, 1.807) is 24.3 Å². The van der Waals surface area contributed by atoms with E-state index >= 15 is 0 Å². The van der Waals surface area contributed by atoms with E-state index in [9.17, 15) is 9.59 Å². The van der Waals surface area contributed by atoms with Crippen LogP contribution in [0.15, 0.2) is 30.3 Å². The average molecular weight is 367 g/mol. The van der Waals surface area contributed by atoms with Crippen molar-refractivity contribution >= 4 is 23.3 Å². The number of carbonyl (C=O) groups excluding carboxylic acids is 2. The highest BCUT2D eigenvalue weighted by atomic mass is 16.2. The molecule has 1 N–H and O–H groups in total. The molecular weight excluding hydrogens is 342 g/mol. The predicted molar refractivity (Wildman–Crippen MR) is 105 cm³/mol. The smallest absolute Gasteiger partial charge is 0.272 e.